The maximum atomic E-state index is 14.1. The Morgan fingerprint density at radius 2 is 1.94 bits per heavy atom. The lowest BCUT2D eigenvalue weighted by Crippen LogP contribution is -2.53. The van der Waals surface area contributed by atoms with E-state index in [2.05, 4.69) is 0 Å². The fourth-order valence-corrected chi connectivity index (χ4v) is 1.90. The molecule has 2 atom stereocenters. The highest BCUT2D eigenvalue weighted by Gasteiger charge is 2.45. The third-order valence-electron chi connectivity index (χ3n) is 3.43. The molecular formula is C13H22FNO3. The summed E-state index contributed by atoms with van der Waals surface area (Å²) in [6.07, 6.45) is -1.52. The van der Waals surface area contributed by atoms with E-state index in [9.17, 15) is 14.0 Å². The summed E-state index contributed by atoms with van der Waals surface area (Å²) < 4.78 is 19.2. The summed E-state index contributed by atoms with van der Waals surface area (Å²) in [6, 6.07) is 0. The molecule has 0 unspecified atom stereocenters. The Labute approximate surface area is 107 Å². The van der Waals surface area contributed by atoms with E-state index in [1.54, 1.807) is 27.7 Å². The van der Waals surface area contributed by atoms with Gasteiger partial charge in [0.15, 0.2) is 0 Å². The number of carbonyl (C=O) groups is 2. The topological polar surface area (TPSA) is 46.6 Å². The fourth-order valence-electron chi connectivity index (χ4n) is 1.90. The maximum absolute atomic E-state index is 14.1. The Morgan fingerprint density at radius 1 is 1.39 bits per heavy atom. The van der Waals surface area contributed by atoms with Crippen molar-refractivity contribution in [1.82, 2.24) is 4.90 Å². The van der Waals surface area contributed by atoms with Gasteiger partial charge in [-0.1, -0.05) is 0 Å². The van der Waals surface area contributed by atoms with Crippen molar-refractivity contribution in [2.45, 2.75) is 52.8 Å². The molecule has 4 nitrogen and oxygen atoms in total. The first-order chi connectivity index (χ1) is 8.06. The van der Waals surface area contributed by atoms with Crippen LogP contribution in [0.3, 0.4) is 0 Å². The molecule has 1 saturated heterocycles. The number of hydrogen-bond acceptors (Lipinski definition) is 3. The molecule has 0 aliphatic carbocycles. The minimum Gasteiger partial charge on any atom is -0.444 e. The van der Waals surface area contributed by atoms with Crippen molar-refractivity contribution in [3.8, 4) is 0 Å². The van der Waals surface area contributed by atoms with Crippen LogP contribution in [0.5, 0.6) is 0 Å². The van der Waals surface area contributed by atoms with Gasteiger partial charge in [-0.15, -0.1) is 0 Å². The predicted molar refractivity (Wildman–Crippen MR) is 66.1 cm³/mol. The first kappa shape index (κ1) is 14.9. The Morgan fingerprint density at radius 3 is 2.33 bits per heavy atom. The highest BCUT2D eigenvalue weighted by molar-refractivity contribution is 5.83. The number of rotatable bonds is 1. The molecule has 1 fully saturated rings. The smallest absolute Gasteiger partial charge is 0.410 e. The zero-order valence-corrected chi connectivity index (χ0v) is 11.7. The summed E-state index contributed by atoms with van der Waals surface area (Å²) in [4.78, 5) is 24.6. The molecule has 0 aromatic carbocycles. The van der Waals surface area contributed by atoms with Crippen LogP contribution in [0.4, 0.5) is 9.18 Å². The summed E-state index contributed by atoms with van der Waals surface area (Å²) in [5.41, 5.74) is -1.57. The van der Waals surface area contributed by atoms with Crippen LogP contribution in [-0.4, -0.2) is 41.6 Å². The molecule has 1 aliphatic heterocycles. The van der Waals surface area contributed by atoms with Crippen LogP contribution in [0.2, 0.25) is 0 Å². The number of halogens is 1. The van der Waals surface area contributed by atoms with Crippen LogP contribution >= 0.6 is 0 Å². The number of carbonyl (C=O) groups excluding carboxylic acids is 2. The number of Topliss-reactive ketones (excluding diaryl/α,β-unsaturated/α-hetero) is 1. The summed E-state index contributed by atoms with van der Waals surface area (Å²) in [7, 11) is 0. The second kappa shape index (κ2) is 4.86. The van der Waals surface area contributed by atoms with E-state index in [0.717, 1.165) is 0 Å². The average molecular weight is 259 g/mol. The van der Waals surface area contributed by atoms with E-state index >= 15 is 0 Å². The second-order valence-electron chi connectivity index (χ2n) is 6.12. The Kier molecular flexibility index (Phi) is 4.03. The lowest BCUT2D eigenvalue weighted by molar-refractivity contribution is -0.133. The van der Waals surface area contributed by atoms with E-state index in [-0.39, 0.29) is 12.3 Å². The highest BCUT2D eigenvalue weighted by atomic mass is 19.1. The number of nitrogens with zero attached hydrogens (tertiary/aromatic N) is 1. The molecule has 0 radical (unpaired) electrons. The first-order valence-corrected chi connectivity index (χ1v) is 6.19. The third-order valence-corrected chi connectivity index (χ3v) is 3.43. The SMILES string of the molecule is CC(=O)[C@@]1(C)CCN(C(=O)OC(C)(C)C)C[C@H]1F. The monoisotopic (exact) mass is 259 g/mol. The van der Waals surface area contributed by atoms with Crippen molar-refractivity contribution in [2.24, 2.45) is 5.41 Å². The standard InChI is InChI=1S/C13H22FNO3/c1-9(16)13(5)6-7-15(8-10(13)14)11(17)18-12(2,3)4/h10H,6-8H2,1-5H3/t10-,13-/m1/s1. The normalized spacial score (nSPS) is 29.0. The molecule has 1 rings (SSSR count). The summed E-state index contributed by atoms with van der Waals surface area (Å²) in [5.74, 6) is -0.168. The van der Waals surface area contributed by atoms with Crippen LogP contribution in [0, 0.1) is 5.41 Å². The number of piperidine rings is 1. The summed E-state index contributed by atoms with van der Waals surface area (Å²) >= 11 is 0. The molecule has 5 heteroatoms. The number of hydrogen-bond donors (Lipinski definition) is 0. The molecule has 0 aromatic heterocycles. The van der Waals surface area contributed by atoms with Gasteiger partial charge in [-0.25, -0.2) is 9.18 Å². The molecule has 18 heavy (non-hydrogen) atoms. The van der Waals surface area contributed by atoms with Crippen LogP contribution in [0.25, 0.3) is 0 Å². The quantitative estimate of drug-likeness (QED) is 0.727. The lowest BCUT2D eigenvalue weighted by Gasteiger charge is -2.40. The number of amides is 1. The predicted octanol–water partition coefficient (Wildman–Crippen LogP) is 2.56. The minimum atomic E-state index is -1.34. The Bertz CT molecular complexity index is 351. The number of ether oxygens (including phenoxy) is 1. The lowest BCUT2D eigenvalue weighted by atomic mass is 9.76. The summed E-state index contributed by atoms with van der Waals surface area (Å²) in [5, 5.41) is 0. The van der Waals surface area contributed by atoms with Gasteiger partial charge in [-0.2, -0.15) is 0 Å². The second-order valence-corrected chi connectivity index (χ2v) is 6.12. The van der Waals surface area contributed by atoms with E-state index in [1.807, 2.05) is 0 Å². The van der Waals surface area contributed by atoms with Gasteiger partial charge >= 0.3 is 6.09 Å². The molecule has 1 aliphatic rings. The molecule has 0 saturated carbocycles. The van der Waals surface area contributed by atoms with Crippen molar-refractivity contribution in [1.29, 1.82) is 0 Å². The molecule has 104 valence electrons. The molecule has 1 amide bonds. The summed E-state index contributed by atoms with van der Waals surface area (Å²) in [6.45, 7) is 8.59. The van der Waals surface area contributed by atoms with Crippen LogP contribution in [0.15, 0.2) is 0 Å². The molecular weight excluding hydrogens is 237 g/mol. The van der Waals surface area contributed by atoms with Crippen LogP contribution < -0.4 is 0 Å². The average Bonchev–Trinajstić information content (AvgIpc) is 2.19. The van der Waals surface area contributed by atoms with Gasteiger partial charge in [0.25, 0.3) is 0 Å². The van der Waals surface area contributed by atoms with E-state index in [1.165, 1.54) is 11.8 Å². The van der Waals surface area contributed by atoms with Gasteiger partial charge < -0.3 is 9.64 Å². The van der Waals surface area contributed by atoms with Crippen LogP contribution in [-0.2, 0) is 9.53 Å². The maximum Gasteiger partial charge on any atom is 0.410 e. The molecule has 0 spiro atoms. The van der Waals surface area contributed by atoms with E-state index in [0.29, 0.717) is 13.0 Å². The van der Waals surface area contributed by atoms with Crippen molar-refractivity contribution in [2.75, 3.05) is 13.1 Å². The highest BCUT2D eigenvalue weighted by Crippen LogP contribution is 2.34. The van der Waals surface area contributed by atoms with Gasteiger partial charge in [0.2, 0.25) is 0 Å². The molecule has 0 aromatic rings. The number of likely N-dealkylation sites (tertiary alicyclic amines) is 1. The molecule has 0 N–H and O–H groups in total. The van der Waals surface area contributed by atoms with Gasteiger partial charge in [0.05, 0.1) is 12.0 Å². The third kappa shape index (κ3) is 3.21. The molecule has 0 bridgehead atoms. The van der Waals surface area contributed by atoms with E-state index < -0.39 is 23.3 Å². The Balaban J connectivity index is 2.67. The van der Waals surface area contributed by atoms with E-state index in [4.69, 9.17) is 4.74 Å². The minimum absolute atomic E-state index is 0.0784. The van der Waals surface area contributed by atoms with Crippen molar-refractivity contribution >= 4 is 11.9 Å². The van der Waals surface area contributed by atoms with Crippen molar-refractivity contribution in [3.05, 3.63) is 0 Å². The van der Waals surface area contributed by atoms with Crippen molar-refractivity contribution in [3.63, 3.8) is 0 Å². The van der Waals surface area contributed by atoms with Gasteiger partial charge in [0.1, 0.15) is 17.6 Å². The van der Waals surface area contributed by atoms with Crippen molar-refractivity contribution < 1.29 is 18.7 Å². The fraction of sp³-hybridized carbons (Fsp3) is 0.846. The number of alkyl halides is 1. The van der Waals surface area contributed by atoms with Gasteiger partial charge in [0, 0.05) is 6.54 Å². The van der Waals surface area contributed by atoms with Gasteiger partial charge in [-0.3, -0.25) is 4.79 Å². The Hall–Kier alpha value is -1.13. The first-order valence-electron chi connectivity index (χ1n) is 6.19. The zero-order valence-electron chi connectivity index (χ0n) is 11.7. The number of ketones is 1. The molecule has 1 heterocycles. The largest absolute Gasteiger partial charge is 0.444 e. The van der Waals surface area contributed by atoms with Gasteiger partial charge in [-0.05, 0) is 41.0 Å². The zero-order chi connectivity index (χ0) is 14.1. The van der Waals surface area contributed by atoms with Crippen LogP contribution in [0.1, 0.15) is 41.0 Å².